The summed E-state index contributed by atoms with van der Waals surface area (Å²) in [5.41, 5.74) is 5.41. The number of carbonyl (C=O) groups is 14. The van der Waals surface area contributed by atoms with E-state index in [0.717, 1.165) is 62.7 Å². The van der Waals surface area contributed by atoms with Crippen LogP contribution in [0.5, 0.6) is 0 Å². The Morgan fingerprint density at radius 1 is 0.441 bits per heavy atom. The fraction of sp³-hybridized carbons (Fsp3) is 0.746. The van der Waals surface area contributed by atoms with Gasteiger partial charge in [0, 0.05) is 14.0 Å². The van der Waals surface area contributed by atoms with E-state index in [1.807, 2.05) is 6.92 Å². The molecule has 0 aliphatic rings. The Morgan fingerprint density at radius 3 is 1.24 bits per heavy atom. The van der Waals surface area contributed by atoms with Crippen LogP contribution in [0.4, 0.5) is 0 Å². The summed E-state index contributed by atoms with van der Waals surface area (Å²) in [7, 11) is 1.22. The van der Waals surface area contributed by atoms with Crippen LogP contribution in [0.1, 0.15) is 197 Å². The number of hydrogen-bond acceptors (Lipinski definition) is 16. The molecule has 0 aliphatic heterocycles. The van der Waals surface area contributed by atoms with Crippen molar-refractivity contribution in [1.82, 2.24) is 58.1 Å². The molecule has 0 heterocycles. The predicted molar refractivity (Wildman–Crippen MR) is 344 cm³/mol. The lowest BCUT2D eigenvalue weighted by Crippen LogP contribution is -2.61. The van der Waals surface area contributed by atoms with Gasteiger partial charge in [0.05, 0.1) is 32.6 Å². The van der Waals surface area contributed by atoms with Gasteiger partial charge in [-0.2, -0.15) is 0 Å². The first-order valence-electron chi connectivity index (χ1n) is 32.6. The molecule has 0 radical (unpaired) electrons. The maximum absolute atomic E-state index is 14.5. The molecule has 530 valence electrons. The van der Waals surface area contributed by atoms with E-state index in [-0.39, 0.29) is 62.7 Å². The van der Waals surface area contributed by atoms with Gasteiger partial charge in [0.2, 0.25) is 70.9 Å². The van der Waals surface area contributed by atoms with E-state index < -0.39 is 176 Å². The van der Waals surface area contributed by atoms with Gasteiger partial charge in [-0.1, -0.05) is 139 Å². The second-order valence-corrected chi connectivity index (χ2v) is 24.8. The third-order valence-corrected chi connectivity index (χ3v) is 14.9. The van der Waals surface area contributed by atoms with Gasteiger partial charge < -0.3 is 84.2 Å². The smallest absolute Gasteiger partial charge is 0.305 e. The van der Waals surface area contributed by atoms with E-state index in [1.54, 1.807) is 41.5 Å². The largest absolute Gasteiger partial charge is 0.481 e. The van der Waals surface area contributed by atoms with Crippen LogP contribution in [0, 0.1) is 17.8 Å². The molecular formula is C63H110N12O18. The van der Waals surface area contributed by atoms with Gasteiger partial charge in [-0.05, 0) is 62.7 Å². The molecule has 30 nitrogen and oxygen atoms in total. The molecule has 16 N–H and O–H groups in total. The number of rotatable bonds is 51. The molecule has 0 unspecified atom stereocenters. The Kier molecular flexibility index (Phi) is 43.2. The number of carboxylic acid groups (broad SMARTS) is 2. The van der Waals surface area contributed by atoms with Gasteiger partial charge >= 0.3 is 11.9 Å². The highest BCUT2D eigenvalue weighted by Crippen LogP contribution is 2.17. The first-order chi connectivity index (χ1) is 43.8. The van der Waals surface area contributed by atoms with Gasteiger partial charge in [-0.25, -0.2) is 0 Å². The molecule has 10 atom stereocenters. The van der Waals surface area contributed by atoms with Crippen LogP contribution in [-0.4, -0.2) is 195 Å². The molecule has 30 heteroatoms. The molecule has 12 amide bonds. The van der Waals surface area contributed by atoms with E-state index in [4.69, 9.17) is 5.73 Å². The fourth-order valence-corrected chi connectivity index (χ4v) is 9.88. The maximum Gasteiger partial charge on any atom is 0.305 e. The van der Waals surface area contributed by atoms with Crippen molar-refractivity contribution in [1.29, 1.82) is 0 Å². The second-order valence-electron chi connectivity index (χ2n) is 24.8. The lowest BCUT2D eigenvalue weighted by molar-refractivity contribution is -0.145. The van der Waals surface area contributed by atoms with Crippen LogP contribution in [0.15, 0.2) is 12.7 Å². The Hall–Kier alpha value is -7.76. The third-order valence-electron chi connectivity index (χ3n) is 14.9. The first kappa shape index (κ1) is 85.2. The van der Waals surface area contributed by atoms with Gasteiger partial charge in [0.15, 0.2) is 0 Å². The van der Waals surface area contributed by atoms with Crippen molar-refractivity contribution >= 4 is 82.8 Å². The van der Waals surface area contributed by atoms with Crippen LogP contribution in [0.2, 0.25) is 0 Å². The van der Waals surface area contributed by atoms with Crippen LogP contribution in [-0.2, 0) is 67.1 Å². The van der Waals surface area contributed by atoms with Crippen molar-refractivity contribution in [3.63, 3.8) is 0 Å². The molecule has 0 aromatic carbocycles. The number of primary amides is 1. The van der Waals surface area contributed by atoms with Crippen LogP contribution in [0.25, 0.3) is 0 Å². The van der Waals surface area contributed by atoms with Gasteiger partial charge in [-0.15, -0.1) is 6.58 Å². The van der Waals surface area contributed by atoms with Crippen molar-refractivity contribution in [2.24, 2.45) is 23.5 Å². The number of carbonyl (C=O) groups excluding carboxylic acids is 12. The van der Waals surface area contributed by atoms with Crippen molar-refractivity contribution in [2.45, 2.75) is 258 Å². The molecule has 0 spiro atoms. The van der Waals surface area contributed by atoms with E-state index in [0.29, 0.717) is 19.3 Å². The Labute approximate surface area is 547 Å². The van der Waals surface area contributed by atoms with E-state index in [1.165, 1.54) is 20.0 Å². The molecule has 93 heavy (non-hydrogen) atoms. The summed E-state index contributed by atoms with van der Waals surface area (Å²) in [6.07, 6.45) is 9.26. The minimum atomic E-state index is -1.92. The van der Waals surface area contributed by atoms with E-state index in [2.05, 4.69) is 66.7 Å². The molecule has 0 rings (SSSR count). The van der Waals surface area contributed by atoms with Gasteiger partial charge in [0.1, 0.15) is 60.4 Å². The van der Waals surface area contributed by atoms with Crippen molar-refractivity contribution in [2.75, 3.05) is 26.8 Å². The van der Waals surface area contributed by atoms with Crippen molar-refractivity contribution in [3.8, 4) is 0 Å². The van der Waals surface area contributed by atoms with Crippen LogP contribution < -0.4 is 58.9 Å². The van der Waals surface area contributed by atoms with E-state index >= 15 is 0 Å². The Morgan fingerprint density at radius 2 is 0.806 bits per heavy atom. The van der Waals surface area contributed by atoms with E-state index in [9.17, 15) is 87.5 Å². The molecule has 0 aromatic rings. The SMILES string of the molecule is C=CCC[C@H](NC(=O)[C@@H](CO)NC(=O)[C@H](CC(C)C)NC(=O)[C@@H](CO)NC(=O)[C@H](CCCCCCCC)NC(C)=O)C(=O)N(C)[C@H](CC(C)C)C(=O)N[C@@H](CC(=O)O)C(=O)N[C@H](CCCCCCCC)C(=O)N[C@@H](CC(=O)O)C(=O)NCC(=O)N[C@@H](CC(C)C)C(N)=O. The van der Waals surface area contributed by atoms with Crippen LogP contribution >= 0.6 is 0 Å². The lowest BCUT2D eigenvalue weighted by atomic mass is 9.99. The van der Waals surface area contributed by atoms with Gasteiger partial charge in [0.25, 0.3) is 0 Å². The highest BCUT2D eigenvalue weighted by molar-refractivity contribution is 6.00. The third kappa shape index (κ3) is 36.3. The topological polar surface area (TPSA) is 469 Å². The molecule has 0 saturated carbocycles. The minimum Gasteiger partial charge on any atom is -0.481 e. The van der Waals surface area contributed by atoms with Crippen molar-refractivity contribution in [3.05, 3.63) is 12.7 Å². The standard InChI is InChI=1S/C63H110N12O18/c1-12-15-18-20-22-24-27-41(66-40(10)78)56(86)73-49(36-77)61(91)70-45(30-38(6)7)58(88)74-48(35-76)60(90)69-43(26-17-14-3)63(93)75(11)50(31-39(8)9)62(92)72-47(33-53(82)83)59(89)68-42(28-25-23-21-19-16-13-2)57(87)71-46(32-52(80)81)55(85)65-34-51(79)67-44(54(64)84)29-37(4)5/h14,37-39,41-50,76-77H,3,12-13,15-36H2,1-2,4-11H3,(H2,64,84)(H,65,85)(H,66,78)(H,67,79)(H,68,89)(H,69,90)(H,70,91)(H,71,87)(H,72,92)(H,73,86)(H,74,88)(H,80,81)(H,82,83)/t41-,42+,43-,44-,45-,46-,47-,48+,49+,50+/m0/s1. The molecule has 0 fully saturated rings. The number of unbranched alkanes of at least 4 members (excludes halogenated alkanes) is 10. The molecule has 0 aliphatic carbocycles. The number of amides is 12. The quantitative estimate of drug-likeness (QED) is 0.0288. The summed E-state index contributed by atoms with van der Waals surface area (Å²) in [5.74, 6) is -15.0. The van der Waals surface area contributed by atoms with Gasteiger partial charge in [-0.3, -0.25) is 67.1 Å². The number of allylic oxidation sites excluding steroid dienone is 1. The number of likely N-dealkylation sites (N-methyl/N-ethyl adjacent to an activating group) is 1. The first-order valence-corrected chi connectivity index (χ1v) is 32.6. The van der Waals surface area contributed by atoms with Crippen LogP contribution in [0.3, 0.4) is 0 Å². The number of nitrogens with two attached hydrogens (primary N) is 1. The monoisotopic (exact) mass is 1320 g/mol. The average Bonchev–Trinajstić information content (AvgIpc) is 0.909. The Bertz CT molecular complexity index is 2450. The summed E-state index contributed by atoms with van der Waals surface area (Å²) >= 11 is 0. The summed E-state index contributed by atoms with van der Waals surface area (Å²) < 4.78 is 0. The molecule has 0 bridgehead atoms. The number of aliphatic carboxylic acids is 2. The minimum absolute atomic E-state index is 0.0360. The number of aliphatic hydroxyl groups is 2. The summed E-state index contributed by atoms with van der Waals surface area (Å²) in [6.45, 7) is 16.8. The normalized spacial score (nSPS) is 14.4. The lowest BCUT2D eigenvalue weighted by Gasteiger charge is -2.33. The Balaban J connectivity index is 6.81. The second kappa shape index (κ2) is 47.2. The highest BCUT2D eigenvalue weighted by Gasteiger charge is 2.38. The number of nitrogens with one attached hydrogen (secondary N) is 10. The number of nitrogens with zero attached hydrogens (tertiary/aromatic N) is 1. The molecule has 0 saturated heterocycles. The van der Waals surface area contributed by atoms with Crippen molar-refractivity contribution < 1.29 is 87.5 Å². The number of carboxylic acids is 2. The summed E-state index contributed by atoms with van der Waals surface area (Å²) in [5, 5.41) is 64.6. The number of hydrogen-bond donors (Lipinski definition) is 15. The zero-order chi connectivity index (χ0) is 70.9. The average molecular weight is 1320 g/mol. The maximum atomic E-state index is 14.5. The zero-order valence-electron chi connectivity index (χ0n) is 56.3. The molecular weight excluding hydrogens is 1210 g/mol. The predicted octanol–water partition coefficient (Wildman–Crippen LogP) is 0.338. The summed E-state index contributed by atoms with van der Waals surface area (Å²) in [4.78, 5) is 188. The molecule has 0 aromatic heterocycles. The highest BCUT2D eigenvalue weighted by atomic mass is 16.4. The fourth-order valence-electron chi connectivity index (χ4n) is 9.88. The zero-order valence-corrected chi connectivity index (χ0v) is 56.3. The number of aliphatic hydroxyl groups excluding tert-OH is 2. The summed E-state index contributed by atoms with van der Waals surface area (Å²) in [6, 6.07) is -15.1.